The predicted octanol–water partition coefficient (Wildman–Crippen LogP) is 3.37. The van der Waals surface area contributed by atoms with Gasteiger partial charge in [0.2, 0.25) is 5.91 Å². The molecule has 3 rings (SSSR count). The van der Waals surface area contributed by atoms with Crippen molar-refractivity contribution in [1.82, 2.24) is 15.5 Å². The largest absolute Gasteiger partial charge is 0.357 e. The molecular formula is C23H30N4O. The first kappa shape index (κ1) is 19.9. The maximum absolute atomic E-state index is 12.0. The summed E-state index contributed by atoms with van der Waals surface area (Å²) in [6, 6.07) is 16.7. The number of aryl methyl sites for hydroxylation is 1. The molecule has 1 heterocycles. The van der Waals surface area contributed by atoms with Gasteiger partial charge in [-0.25, -0.2) is 4.99 Å². The van der Waals surface area contributed by atoms with E-state index in [9.17, 15) is 4.79 Å². The fourth-order valence-corrected chi connectivity index (χ4v) is 3.46. The zero-order chi connectivity index (χ0) is 19.8. The van der Waals surface area contributed by atoms with E-state index in [1.807, 2.05) is 17.0 Å². The molecule has 5 nitrogen and oxygen atoms in total. The van der Waals surface area contributed by atoms with Gasteiger partial charge in [0.1, 0.15) is 0 Å². The van der Waals surface area contributed by atoms with Crippen LogP contribution in [0.25, 0.3) is 0 Å². The van der Waals surface area contributed by atoms with Gasteiger partial charge >= 0.3 is 0 Å². The number of rotatable bonds is 7. The molecule has 0 aliphatic carbocycles. The van der Waals surface area contributed by atoms with Crippen LogP contribution in [-0.2, 0) is 24.4 Å². The van der Waals surface area contributed by atoms with Gasteiger partial charge in [0, 0.05) is 32.6 Å². The molecule has 1 fully saturated rings. The molecule has 5 heteroatoms. The lowest BCUT2D eigenvalue weighted by molar-refractivity contribution is -0.128. The Labute approximate surface area is 167 Å². The molecule has 0 aromatic heterocycles. The molecule has 28 heavy (non-hydrogen) atoms. The third kappa shape index (κ3) is 5.59. The lowest BCUT2D eigenvalue weighted by atomic mass is 10.1. The molecule has 2 aromatic carbocycles. The molecule has 0 saturated carbocycles. The van der Waals surface area contributed by atoms with Gasteiger partial charge in [-0.2, -0.15) is 0 Å². The van der Waals surface area contributed by atoms with Crippen molar-refractivity contribution >= 4 is 11.9 Å². The molecule has 0 radical (unpaired) electrons. The van der Waals surface area contributed by atoms with Crippen LogP contribution in [0.15, 0.2) is 53.5 Å². The topological polar surface area (TPSA) is 56.7 Å². The number of hydrogen-bond donors (Lipinski definition) is 2. The highest BCUT2D eigenvalue weighted by atomic mass is 16.2. The summed E-state index contributed by atoms with van der Waals surface area (Å²) < 4.78 is 0. The molecule has 148 valence electrons. The predicted molar refractivity (Wildman–Crippen MR) is 114 cm³/mol. The number of carbonyl (C=O) groups excluding carboxylic acids is 1. The fraction of sp³-hybridized carbons (Fsp3) is 0.391. The smallest absolute Gasteiger partial charge is 0.222 e. The summed E-state index contributed by atoms with van der Waals surface area (Å²) in [5, 5.41) is 6.75. The van der Waals surface area contributed by atoms with E-state index in [2.05, 4.69) is 60.9 Å². The Morgan fingerprint density at radius 1 is 1.11 bits per heavy atom. The summed E-state index contributed by atoms with van der Waals surface area (Å²) >= 11 is 0. The van der Waals surface area contributed by atoms with Crippen LogP contribution >= 0.6 is 0 Å². The molecule has 0 bridgehead atoms. The van der Waals surface area contributed by atoms with Crippen molar-refractivity contribution in [3.63, 3.8) is 0 Å². The van der Waals surface area contributed by atoms with E-state index in [1.54, 1.807) is 0 Å². The molecule has 1 aliphatic rings. The first-order valence-corrected chi connectivity index (χ1v) is 10.1. The molecule has 2 aromatic rings. The summed E-state index contributed by atoms with van der Waals surface area (Å²) in [6.07, 6.45) is 1.64. The molecule has 2 N–H and O–H groups in total. The van der Waals surface area contributed by atoms with Gasteiger partial charge in [-0.1, -0.05) is 54.1 Å². The van der Waals surface area contributed by atoms with Crippen molar-refractivity contribution < 1.29 is 4.79 Å². The highest BCUT2D eigenvalue weighted by Crippen LogP contribution is 2.17. The Kier molecular flexibility index (Phi) is 7.06. The maximum atomic E-state index is 12.0. The van der Waals surface area contributed by atoms with Crippen molar-refractivity contribution in [3.05, 3.63) is 70.8 Å². The Bertz CT molecular complexity index is 831. The van der Waals surface area contributed by atoms with E-state index < -0.39 is 0 Å². The Hall–Kier alpha value is -2.82. The normalized spacial score (nSPS) is 14.4. The Morgan fingerprint density at radius 3 is 2.64 bits per heavy atom. The van der Waals surface area contributed by atoms with Crippen molar-refractivity contribution in [2.45, 2.75) is 46.3 Å². The summed E-state index contributed by atoms with van der Waals surface area (Å²) in [5.41, 5.74) is 4.84. The molecule has 0 atom stereocenters. The first-order chi connectivity index (χ1) is 13.7. The van der Waals surface area contributed by atoms with E-state index in [0.29, 0.717) is 26.1 Å². The van der Waals surface area contributed by atoms with Crippen molar-refractivity contribution in [2.24, 2.45) is 4.99 Å². The zero-order valence-electron chi connectivity index (χ0n) is 16.9. The molecule has 1 saturated heterocycles. The van der Waals surface area contributed by atoms with Gasteiger partial charge in [0.05, 0.1) is 6.54 Å². The van der Waals surface area contributed by atoms with Crippen LogP contribution in [0, 0.1) is 6.92 Å². The molecule has 0 unspecified atom stereocenters. The minimum atomic E-state index is 0.260. The molecular weight excluding hydrogens is 348 g/mol. The summed E-state index contributed by atoms with van der Waals surface area (Å²) in [5.74, 6) is 1.06. The average Bonchev–Trinajstić information content (AvgIpc) is 3.10. The summed E-state index contributed by atoms with van der Waals surface area (Å²) in [4.78, 5) is 18.6. The van der Waals surface area contributed by atoms with Crippen LogP contribution in [0.2, 0.25) is 0 Å². The minimum absolute atomic E-state index is 0.260. The lowest BCUT2D eigenvalue weighted by Gasteiger charge is -2.19. The van der Waals surface area contributed by atoms with Gasteiger partial charge < -0.3 is 15.5 Å². The number of amides is 1. The van der Waals surface area contributed by atoms with Crippen molar-refractivity contribution in [2.75, 3.05) is 13.1 Å². The van der Waals surface area contributed by atoms with Gasteiger partial charge in [-0.15, -0.1) is 0 Å². The van der Waals surface area contributed by atoms with E-state index in [4.69, 9.17) is 4.99 Å². The van der Waals surface area contributed by atoms with Crippen LogP contribution in [0.1, 0.15) is 42.0 Å². The van der Waals surface area contributed by atoms with Gasteiger partial charge in [0.25, 0.3) is 0 Å². The highest BCUT2D eigenvalue weighted by molar-refractivity contribution is 5.80. The second kappa shape index (κ2) is 9.93. The molecule has 1 amide bonds. The fourth-order valence-electron chi connectivity index (χ4n) is 3.46. The highest BCUT2D eigenvalue weighted by Gasteiger charge is 2.20. The number of aliphatic imine (C=N–C) groups is 1. The van der Waals surface area contributed by atoms with Gasteiger partial charge in [0.15, 0.2) is 5.96 Å². The summed E-state index contributed by atoms with van der Waals surface area (Å²) in [6.45, 7) is 7.84. The third-order valence-electron chi connectivity index (χ3n) is 4.94. The maximum Gasteiger partial charge on any atom is 0.222 e. The second-order valence-corrected chi connectivity index (χ2v) is 7.23. The van der Waals surface area contributed by atoms with Crippen molar-refractivity contribution in [1.29, 1.82) is 0 Å². The number of nitrogens with one attached hydrogen (secondary N) is 2. The van der Waals surface area contributed by atoms with Crippen LogP contribution in [0.4, 0.5) is 0 Å². The van der Waals surface area contributed by atoms with Gasteiger partial charge in [-0.3, -0.25) is 4.79 Å². The third-order valence-corrected chi connectivity index (χ3v) is 4.94. The number of guanidine groups is 1. The molecule has 0 spiro atoms. The van der Waals surface area contributed by atoms with E-state index in [-0.39, 0.29) is 5.91 Å². The van der Waals surface area contributed by atoms with E-state index in [0.717, 1.165) is 25.5 Å². The number of likely N-dealkylation sites (tertiary alicyclic amines) is 1. The quantitative estimate of drug-likeness (QED) is 0.574. The summed E-state index contributed by atoms with van der Waals surface area (Å²) in [7, 11) is 0. The number of nitrogens with zero attached hydrogens (tertiary/aromatic N) is 2. The number of carbonyl (C=O) groups is 1. The lowest BCUT2D eigenvalue weighted by Crippen LogP contribution is -2.37. The standard InChI is InChI=1S/C23H30N4O/c1-3-24-23(25-15-19-9-6-8-18(2)14-19)26-16-20-10-4-5-11-21(20)17-27-13-7-12-22(27)28/h4-6,8-11,14H,3,7,12-13,15-17H2,1-2H3,(H2,24,25,26). The Balaban J connectivity index is 1.64. The van der Waals surface area contributed by atoms with E-state index >= 15 is 0 Å². The van der Waals surface area contributed by atoms with E-state index in [1.165, 1.54) is 22.3 Å². The van der Waals surface area contributed by atoms with Crippen LogP contribution in [-0.4, -0.2) is 29.9 Å². The van der Waals surface area contributed by atoms with Gasteiger partial charge in [-0.05, 0) is 37.0 Å². The second-order valence-electron chi connectivity index (χ2n) is 7.23. The van der Waals surface area contributed by atoms with Crippen LogP contribution in [0.3, 0.4) is 0 Å². The Morgan fingerprint density at radius 2 is 1.93 bits per heavy atom. The first-order valence-electron chi connectivity index (χ1n) is 10.1. The van der Waals surface area contributed by atoms with Crippen LogP contribution in [0.5, 0.6) is 0 Å². The molecule has 1 aliphatic heterocycles. The monoisotopic (exact) mass is 378 g/mol. The SMILES string of the molecule is CCNC(=NCc1cccc(C)c1)NCc1ccccc1CN1CCCC1=O. The average molecular weight is 379 g/mol. The van der Waals surface area contributed by atoms with Crippen LogP contribution < -0.4 is 10.6 Å². The zero-order valence-corrected chi connectivity index (χ0v) is 16.9. The van der Waals surface area contributed by atoms with Crippen molar-refractivity contribution in [3.8, 4) is 0 Å². The minimum Gasteiger partial charge on any atom is -0.357 e. The number of benzene rings is 2. The number of hydrogen-bond acceptors (Lipinski definition) is 2.